The summed E-state index contributed by atoms with van der Waals surface area (Å²) >= 11 is 0. The molecular formula is C22H16FN5O. The number of hydrogen-bond donors (Lipinski definition) is 1. The lowest BCUT2D eigenvalue weighted by molar-refractivity contribution is 0.0974. The van der Waals surface area contributed by atoms with E-state index < -0.39 is 6.17 Å². The summed E-state index contributed by atoms with van der Waals surface area (Å²) in [5.74, 6) is -0.552. The van der Waals surface area contributed by atoms with E-state index in [-0.39, 0.29) is 11.7 Å². The molecule has 1 aliphatic rings. The molecule has 2 heterocycles. The molecule has 0 aliphatic carbocycles. The van der Waals surface area contributed by atoms with Gasteiger partial charge in [-0.25, -0.2) is 4.39 Å². The maximum atomic E-state index is 13.5. The van der Waals surface area contributed by atoms with E-state index in [1.165, 1.54) is 16.9 Å². The molecule has 0 spiro atoms. The number of carbonyl (C=O) groups is 1. The van der Waals surface area contributed by atoms with Gasteiger partial charge in [0.15, 0.2) is 6.17 Å². The molecule has 1 amide bonds. The monoisotopic (exact) mass is 385 g/mol. The van der Waals surface area contributed by atoms with Gasteiger partial charge in [0.1, 0.15) is 11.5 Å². The third-order valence-electron chi connectivity index (χ3n) is 4.81. The van der Waals surface area contributed by atoms with Crippen LogP contribution in [-0.4, -0.2) is 20.9 Å². The van der Waals surface area contributed by atoms with E-state index in [4.69, 9.17) is 0 Å². The van der Waals surface area contributed by atoms with Crippen molar-refractivity contribution in [1.82, 2.24) is 15.0 Å². The topological polar surface area (TPSA) is 63.1 Å². The molecule has 0 fully saturated rings. The number of benzene rings is 3. The van der Waals surface area contributed by atoms with Crippen molar-refractivity contribution in [2.45, 2.75) is 6.17 Å². The van der Waals surface area contributed by atoms with Gasteiger partial charge in [-0.15, -0.1) is 5.10 Å². The first-order chi connectivity index (χ1) is 14.2. The van der Waals surface area contributed by atoms with Crippen molar-refractivity contribution in [2.75, 3.05) is 10.2 Å². The highest BCUT2D eigenvalue weighted by Gasteiger charge is 2.35. The standard InChI is InChI=1S/C22H16FN5O/c23-15-10-12-16(13-11-15)27-21(25-19-9-5-4-8-18(19)22(27)29)20-14-24-28(26-20)17-6-2-1-3-7-17/h1-14,21,25H/t21-/m1/s1. The minimum Gasteiger partial charge on any atom is -0.359 e. The number of nitrogens with zero attached hydrogens (tertiary/aromatic N) is 4. The van der Waals surface area contributed by atoms with Gasteiger partial charge >= 0.3 is 0 Å². The van der Waals surface area contributed by atoms with Crippen LogP contribution in [0.4, 0.5) is 15.8 Å². The molecule has 0 saturated carbocycles. The third kappa shape index (κ3) is 3.02. The number of fused-ring (bicyclic) bond motifs is 1. The van der Waals surface area contributed by atoms with E-state index in [0.717, 1.165) is 11.4 Å². The summed E-state index contributed by atoms with van der Waals surface area (Å²) in [4.78, 5) is 16.4. The highest BCUT2D eigenvalue weighted by molar-refractivity contribution is 6.12. The highest BCUT2D eigenvalue weighted by atomic mass is 19.1. The minimum atomic E-state index is -0.583. The van der Waals surface area contributed by atoms with E-state index in [2.05, 4.69) is 15.5 Å². The molecule has 4 aromatic rings. The fourth-order valence-electron chi connectivity index (χ4n) is 3.41. The Morgan fingerprint density at radius 1 is 0.862 bits per heavy atom. The van der Waals surface area contributed by atoms with E-state index in [1.807, 2.05) is 48.5 Å². The van der Waals surface area contributed by atoms with Crippen molar-refractivity contribution in [3.05, 3.63) is 102 Å². The van der Waals surface area contributed by atoms with Crippen LogP contribution in [-0.2, 0) is 0 Å². The second-order valence-corrected chi connectivity index (χ2v) is 6.64. The molecule has 1 N–H and O–H groups in total. The second kappa shape index (κ2) is 6.87. The molecule has 1 aromatic heterocycles. The molecular weight excluding hydrogens is 369 g/mol. The number of anilines is 2. The second-order valence-electron chi connectivity index (χ2n) is 6.64. The quantitative estimate of drug-likeness (QED) is 0.575. The Balaban J connectivity index is 1.60. The number of para-hydroxylation sites is 2. The maximum absolute atomic E-state index is 13.5. The summed E-state index contributed by atoms with van der Waals surface area (Å²) in [5.41, 5.74) is 3.21. The first-order valence-electron chi connectivity index (χ1n) is 9.13. The Hall–Kier alpha value is -4.00. The number of hydrogen-bond acceptors (Lipinski definition) is 4. The molecule has 0 bridgehead atoms. The predicted molar refractivity (Wildman–Crippen MR) is 107 cm³/mol. The zero-order chi connectivity index (χ0) is 19.8. The van der Waals surface area contributed by atoms with Gasteiger partial charge in [-0.1, -0.05) is 30.3 Å². The van der Waals surface area contributed by atoms with Crippen LogP contribution in [0, 0.1) is 5.82 Å². The van der Waals surface area contributed by atoms with Gasteiger partial charge in [0.25, 0.3) is 5.91 Å². The minimum absolute atomic E-state index is 0.190. The van der Waals surface area contributed by atoms with E-state index >= 15 is 0 Å². The molecule has 0 unspecified atom stereocenters. The van der Waals surface area contributed by atoms with Gasteiger partial charge in [-0.05, 0) is 48.5 Å². The van der Waals surface area contributed by atoms with Crippen molar-refractivity contribution >= 4 is 17.3 Å². The van der Waals surface area contributed by atoms with Gasteiger partial charge in [-0.2, -0.15) is 9.90 Å². The molecule has 0 saturated heterocycles. The summed E-state index contributed by atoms with van der Waals surface area (Å²) in [7, 11) is 0. The van der Waals surface area contributed by atoms with E-state index in [9.17, 15) is 9.18 Å². The fraction of sp³-hybridized carbons (Fsp3) is 0.0455. The maximum Gasteiger partial charge on any atom is 0.262 e. The van der Waals surface area contributed by atoms with Gasteiger partial charge in [-0.3, -0.25) is 9.69 Å². The molecule has 1 atom stereocenters. The molecule has 5 rings (SSSR count). The third-order valence-corrected chi connectivity index (χ3v) is 4.81. The molecule has 29 heavy (non-hydrogen) atoms. The van der Waals surface area contributed by atoms with Crippen molar-refractivity contribution in [2.24, 2.45) is 0 Å². The lowest BCUT2D eigenvalue weighted by Crippen LogP contribution is -2.43. The highest BCUT2D eigenvalue weighted by Crippen LogP contribution is 2.35. The molecule has 6 nitrogen and oxygen atoms in total. The normalized spacial score (nSPS) is 15.7. The molecule has 3 aromatic carbocycles. The van der Waals surface area contributed by atoms with Gasteiger partial charge < -0.3 is 5.32 Å². The zero-order valence-corrected chi connectivity index (χ0v) is 15.2. The average molecular weight is 385 g/mol. The van der Waals surface area contributed by atoms with Crippen LogP contribution in [0.25, 0.3) is 5.69 Å². The molecule has 0 radical (unpaired) electrons. The largest absolute Gasteiger partial charge is 0.359 e. The number of aromatic nitrogens is 3. The Morgan fingerprint density at radius 3 is 2.38 bits per heavy atom. The van der Waals surface area contributed by atoms with Crippen molar-refractivity contribution in [1.29, 1.82) is 0 Å². The summed E-state index contributed by atoms with van der Waals surface area (Å²) < 4.78 is 13.5. The van der Waals surface area contributed by atoms with Crippen LogP contribution in [0.3, 0.4) is 0 Å². The number of carbonyl (C=O) groups excluding carboxylic acids is 1. The number of nitrogens with one attached hydrogen (secondary N) is 1. The molecule has 1 aliphatic heterocycles. The van der Waals surface area contributed by atoms with Crippen LogP contribution >= 0.6 is 0 Å². The summed E-state index contributed by atoms with van der Waals surface area (Å²) in [6.07, 6.45) is 1.04. The van der Waals surface area contributed by atoms with Crippen LogP contribution in [0.2, 0.25) is 0 Å². The fourth-order valence-corrected chi connectivity index (χ4v) is 3.41. The Labute approximate surface area is 166 Å². The summed E-state index contributed by atoms with van der Waals surface area (Å²) in [6, 6.07) is 22.6. The number of amides is 1. The van der Waals surface area contributed by atoms with E-state index in [0.29, 0.717) is 16.9 Å². The van der Waals surface area contributed by atoms with Gasteiger partial charge in [0.05, 0.1) is 17.4 Å². The zero-order valence-electron chi connectivity index (χ0n) is 15.2. The Morgan fingerprint density at radius 2 is 1.59 bits per heavy atom. The number of halogens is 1. The number of rotatable bonds is 3. The first-order valence-corrected chi connectivity index (χ1v) is 9.13. The van der Waals surface area contributed by atoms with Gasteiger partial charge in [0, 0.05) is 11.4 Å². The van der Waals surface area contributed by atoms with Crippen LogP contribution < -0.4 is 10.2 Å². The lowest BCUT2D eigenvalue weighted by atomic mass is 10.1. The SMILES string of the molecule is O=C1c2ccccc2N[C@@H](c2cnn(-c3ccccc3)n2)N1c1ccc(F)cc1. The van der Waals surface area contributed by atoms with Gasteiger partial charge in [0.2, 0.25) is 0 Å². The van der Waals surface area contributed by atoms with Crippen LogP contribution in [0.1, 0.15) is 22.2 Å². The van der Waals surface area contributed by atoms with Crippen molar-refractivity contribution < 1.29 is 9.18 Å². The van der Waals surface area contributed by atoms with Crippen molar-refractivity contribution in [3.63, 3.8) is 0 Å². The molecule has 142 valence electrons. The first kappa shape index (κ1) is 17.1. The lowest BCUT2D eigenvalue weighted by Gasteiger charge is -2.36. The predicted octanol–water partition coefficient (Wildman–Crippen LogP) is 4.18. The summed E-state index contributed by atoms with van der Waals surface area (Å²) in [6.45, 7) is 0. The summed E-state index contributed by atoms with van der Waals surface area (Å²) in [5, 5.41) is 12.3. The Kier molecular flexibility index (Phi) is 4.05. The van der Waals surface area contributed by atoms with Crippen LogP contribution in [0.5, 0.6) is 0 Å². The molecule has 7 heteroatoms. The van der Waals surface area contributed by atoms with Crippen molar-refractivity contribution in [3.8, 4) is 5.69 Å². The van der Waals surface area contributed by atoms with Crippen LogP contribution in [0.15, 0.2) is 85.1 Å². The van der Waals surface area contributed by atoms with E-state index in [1.54, 1.807) is 29.3 Å². The smallest absolute Gasteiger partial charge is 0.262 e. The average Bonchev–Trinajstić information content (AvgIpc) is 3.25. The Bertz CT molecular complexity index is 1170.